The Kier molecular flexibility index (Phi) is 7.37. The van der Waals surface area contributed by atoms with Crippen molar-refractivity contribution in [2.45, 2.75) is 32.7 Å². The first-order valence-electron chi connectivity index (χ1n) is 9.68. The molecule has 1 aromatic heterocycles. The van der Waals surface area contributed by atoms with E-state index >= 15 is 0 Å². The summed E-state index contributed by atoms with van der Waals surface area (Å²) in [6.07, 6.45) is -6.01. The van der Waals surface area contributed by atoms with Crippen molar-refractivity contribution in [2.24, 2.45) is 0 Å². The molecular weight excluding hydrogens is 485 g/mol. The van der Waals surface area contributed by atoms with Crippen molar-refractivity contribution < 1.29 is 36.6 Å². The lowest BCUT2D eigenvalue weighted by atomic mass is 10.1. The van der Waals surface area contributed by atoms with Crippen molar-refractivity contribution >= 4 is 23.2 Å². The maximum absolute atomic E-state index is 15.0. The number of carbonyl (C=O) groups excluding carboxylic acids is 1. The van der Waals surface area contributed by atoms with Crippen molar-refractivity contribution in [3.8, 4) is 17.0 Å². The summed E-state index contributed by atoms with van der Waals surface area (Å²) >= 11 is 5.88. The van der Waals surface area contributed by atoms with Gasteiger partial charge in [-0.05, 0) is 38.1 Å². The number of rotatable bonds is 6. The number of hydrogen-bond donors (Lipinski definition) is 2. The van der Waals surface area contributed by atoms with E-state index in [1.54, 1.807) is 6.92 Å². The van der Waals surface area contributed by atoms with Crippen LogP contribution in [0.5, 0.6) is 5.75 Å². The smallest absolute Gasteiger partial charge is 0.425 e. The normalized spacial score (nSPS) is 12.4. The number of alkyl halides is 3. The van der Waals surface area contributed by atoms with Crippen LogP contribution in [0.15, 0.2) is 36.5 Å². The van der Waals surface area contributed by atoms with Gasteiger partial charge in [-0.2, -0.15) is 13.2 Å². The number of aliphatic hydroxyl groups is 1. The lowest BCUT2D eigenvalue weighted by Gasteiger charge is -2.21. The molecule has 1 heterocycles. The van der Waals surface area contributed by atoms with Crippen LogP contribution < -0.4 is 10.1 Å². The molecule has 1 unspecified atom stereocenters. The highest BCUT2D eigenvalue weighted by atomic mass is 35.5. The third kappa shape index (κ3) is 5.42. The van der Waals surface area contributed by atoms with Crippen LogP contribution in [0.2, 0.25) is 5.02 Å². The van der Waals surface area contributed by atoms with Gasteiger partial charge < -0.3 is 15.2 Å². The zero-order chi connectivity index (χ0) is 25.2. The first kappa shape index (κ1) is 25.3. The zero-order valence-corrected chi connectivity index (χ0v) is 18.4. The lowest BCUT2D eigenvalue weighted by molar-refractivity contribution is -0.189. The molecule has 3 rings (SSSR count). The van der Waals surface area contributed by atoms with E-state index in [1.807, 2.05) is 0 Å². The summed E-state index contributed by atoms with van der Waals surface area (Å²) in [5, 5.41) is 11.3. The standard InChI is InChI=1S/C22H17ClF5N3O3/c1-10-18(9-32)30-17(8-29-10)12-7-19(34-11(2)22(26,27)28)13(6-16(12)25)21(33)31-20-14(23)4-3-5-15(20)24/h3-8,11,32H,9H2,1-2H3,(H,31,33). The predicted molar refractivity (Wildman–Crippen MR) is 114 cm³/mol. The number of anilines is 1. The second kappa shape index (κ2) is 9.90. The first-order chi connectivity index (χ1) is 15.9. The predicted octanol–water partition coefficient (Wildman–Crippen LogP) is 5.46. The van der Waals surface area contributed by atoms with Gasteiger partial charge in [0.05, 0.1) is 46.2 Å². The Morgan fingerprint density at radius 3 is 2.56 bits per heavy atom. The summed E-state index contributed by atoms with van der Waals surface area (Å²) in [6, 6.07) is 5.06. The summed E-state index contributed by atoms with van der Waals surface area (Å²) < 4.78 is 73.5. The SMILES string of the molecule is Cc1ncc(-c2cc(OC(C)C(F)(F)F)c(C(=O)Nc3c(F)cccc3Cl)cc2F)nc1CO. The molecule has 0 spiro atoms. The number of para-hydroxylation sites is 1. The number of amides is 1. The number of carbonyl (C=O) groups is 1. The minimum Gasteiger partial charge on any atom is -0.480 e. The fourth-order valence-corrected chi connectivity index (χ4v) is 3.06. The van der Waals surface area contributed by atoms with Gasteiger partial charge in [0, 0.05) is 5.56 Å². The van der Waals surface area contributed by atoms with Crippen LogP contribution in [0, 0.1) is 18.6 Å². The molecule has 0 radical (unpaired) electrons. The van der Waals surface area contributed by atoms with Gasteiger partial charge in [0.15, 0.2) is 6.10 Å². The summed E-state index contributed by atoms with van der Waals surface area (Å²) in [5.41, 5.74) is -1.02. The van der Waals surface area contributed by atoms with E-state index in [1.165, 1.54) is 12.1 Å². The van der Waals surface area contributed by atoms with Crippen LogP contribution in [0.1, 0.15) is 28.7 Å². The second-order valence-corrected chi connectivity index (χ2v) is 7.53. The molecule has 2 N–H and O–H groups in total. The van der Waals surface area contributed by atoms with Crippen molar-refractivity contribution in [1.29, 1.82) is 0 Å². The summed E-state index contributed by atoms with van der Waals surface area (Å²) in [5.74, 6) is -3.75. The van der Waals surface area contributed by atoms with E-state index in [9.17, 15) is 31.9 Å². The summed E-state index contributed by atoms with van der Waals surface area (Å²) in [7, 11) is 0. The van der Waals surface area contributed by atoms with Gasteiger partial charge in [-0.15, -0.1) is 0 Å². The molecule has 0 aliphatic rings. The lowest BCUT2D eigenvalue weighted by Crippen LogP contribution is -2.32. The molecular formula is C22H17ClF5N3O3. The molecule has 0 aliphatic carbocycles. The number of nitrogens with zero attached hydrogens (tertiary/aromatic N) is 2. The number of benzene rings is 2. The van der Waals surface area contributed by atoms with E-state index < -0.39 is 53.4 Å². The number of aryl methyl sites for hydroxylation is 1. The van der Waals surface area contributed by atoms with E-state index in [0.29, 0.717) is 18.7 Å². The van der Waals surface area contributed by atoms with Gasteiger partial charge in [0.25, 0.3) is 5.91 Å². The van der Waals surface area contributed by atoms with Crippen LogP contribution in [0.4, 0.5) is 27.6 Å². The Balaban J connectivity index is 2.11. The largest absolute Gasteiger partial charge is 0.480 e. The fourth-order valence-electron chi connectivity index (χ4n) is 2.85. The van der Waals surface area contributed by atoms with Crippen LogP contribution in [0.3, 0.4) is 0 Å². The molecule has 1 amide bonds. The summed E-state index contributed by atoms with van der Waals surface area (Å²) in [4.78, 5) is 20.8. The van der Waals surface area contributed by atoms with Crippen LogP contribution >= 0.6 is 11.6 Å². The maximum Gasteiger partial charge on any atom is 0.425 e. The van der Waals surface area contributed by atoms with Gasteiger partial charge in [-0.3, -0.25) is 9.78 Å². The van der Waals surface area contributed by atoms with Crippen molar-refractivity contribution in [3.05, 3.63) is 70.1 Å². The monoisotopic (exact) mass is 501 g/mol. The fraction of sp³-hybridized carbons (Fsp3) is 0.227. The van der Waals surface area contributed by atoms with Crippen molar-refractivity contribution in [2.75, 3.05) is 5.32 Å². The Morgan fingerprint density at radius 2 is 1.94 bits per heavy atom. The van der Waals surface area contributed by atoms with Gasteiger partial charge >= 0.3 is 6.18 Å². The number of ether oxygens (including phenoxy) is 1. The molecule has 1 atom stereocenters. The molecule has 0 saturated heterocycles. The van der Waals surface area contributed by atoms with E-state index in [4.69, 9.17) is 16.3 Å². The Bertz CT molecular complexity index is 1220. The van der Waals surface area contributed by atoms with Crippen molar-refractivity contribution in [3.63, 3.8) is 0 Å². The quantitative estimate of drug-likeness (QED) is 0.438. The highest BCUT2D eigenvalue weighted by molar-refractivity contribution is 6.34. The Morgan fingerprint density at radius 1 is 1.24 bits per heavy atom. The molecule has 0 aliphatic heterocycles. The Labute approximate surface area is 195 Å². The molecule has 3 aromatic rings. The van der Waals surface area contributed by atoms with E-state index in [-0.39, 0.29) is 22.0 Å². The van der Waals surface area contributed by atoms with Crippen LogP contribution in [0.25, 0.3) is 11.3 Å². The number of halogens is 6. The van der Waals surface area contributed by atoms with Crippen LogP contribution in [-0.2, 0) is 6.61 Å². The molecule has 2 aromatic carbocycles. The molecule has 34 heavy (non-hydrogen) atoms. The van der Waals surface area contributed by atoms with E-state index in [2.05, 4.69) is 15.3 Å². The average Bonchev–Trinajstić information content (AvgIpc) is 2.77. The summed E-state index contributed by atoms with van der Waals surface area (Å²) in [6.45, 7) is 1.75. The van der Waals surface area contributed by atoms with Gasteiger partial charge in [-0.25, -0.2) is 13.8 Å². The molecule has 0 bridgehead atoms. The third-order valence-electron chi connectivity index (χ3n) is 4.76. The number of aliphatic hydroxyl groups excluding tert-OH is 1. The minimum absolute atomic E-state index is 0.110. The van der Waals surface area contributed by atoms with Crippen molar-refractivity contribution in [1.82, 2.24) is 9.97 Å². The second-order valence-electron chi connectivity index (χ2n) is 7.13. The molecule has 12 heteroatoms. The molecule has 180 valence electrons. The molecule has 0 fully saturated rings. The third-order valence-corrected chi connectivity index (χ3v) is 5.07. The maximum atomic E-state index is 15.0. The Hall–Kier alpha value is -3.31. The average molecular weight is 502 g/mol. The molecule has 6 nitrogen and oxygen atoms in total. The van der Waals surface area contributed by atoms with Gasteiger partial charge in [0.2, 0.25) is 0 Å². The zero-order valence-electron chi connectivity index (χ0n) is 17.7. The number of nitrogens with one attached hydrogen (secondary N) is 1. The van der Waals surface area contributed by atoms with Crippen LogP contribution in [-0.4, -0.2) is 33.3 Å². The highest BCUT2D eigenvalue weighted by Crippen LogP contribution is 2.34. The van der Waals surface area contributed by atoms with E-state index in [0.717, 1.165) is 18.3 Å². The topological polar surface area (TPSA) is 84.3 Å². The molecule has 0 saturated carbocycles. The minimum atomic E-state index is -4.80. The number of aromatic nitrogens is 2. The first-order valence-corrected chi connectivity index (χ1v) is 10.1. The van der Waals surface area contributed by atoms with Gasteiger partial charge in [-0.1, -0.05) is 17.7 Å². The highest BCUT2D eigenvalue weighted by Gasteiger charge is 2.39. The van der Waals surface area contributed by atoms with Gasteiger partial charge in [0.1, 0.15) is 17.4 Å². The number of hydrogen-bond acceptors (Lipinski definition) is 5.